The molecular weight excluding hydrogens is 328 g/mol. The number of carbonyl (C=O) groups is 1. The maximum Gasteiger partial charge on any atom is 0.273 e. The zero-order chi connectivity index (χ0) is 13.7. The van der Waals surface area contributed by atoms with Gasteiger partial charge < -0.3 is 4.90 Å². The van der Waals surface area contributed by atoms with Crippen molar-refractivity contribution in [1.82, 2.24) is 9.88 Å². The van der Waals surface area contributed by atoms with Crippen molar-refractivity contribution in [3.8, 4) is 0 Å². The van der Waals surface area contributed by atoms with Crippen LogP contribution in [0, 0.1) is 0 Å². The van der Waals surface area contributed by atoms with E-state index in [0.717, 1.165) is 17.3 Å². The van der Waals surface area contributed by atoms with Crippen LogP contribution in [0.2, 0.25) is 0 Å². The quantitative estimate of drug-likeness (QED) is 0.776. The van der Waals surface area contributed by atoms with Gasteiger partial charge >= 0.3 is 0 Å². The number of alkyl halides is 1. The van der Waals surface area contributed by atoms with Gasteiger partial charge in [0.25, 0.3) is 5.91 Å². The Kier molecular flexibility index (Phi) is 5.64. The zero-order valence-corrected chi connectivity index (χ0v) is 13.2. The molecule has 1 aromatic heterocycles. The maximum absolute atomic E-state index is 12.6. The van der Waals surface area contributed by atoms with Gasteiger partial charge in [-0.15, -0.1) is 11.6 Å². The van der Waals surface area contributed by atoms with Gasteiger partial charge in [0.15, 0.2) is 0 Å². The molecule has 0 aromatic carbocycles. The first-order chi connectivity index (χ1) is 9.24. The molecule has 1 aliphatic carbocycles. The van der Waals surface area contributed by atoms with Gasteiger partial charge in [0.05, 0.1) is 0 Å². The van der Waals surface area contributed by atoms with Crippen LogP contribution in [0.4, 0.5) is 0 Å². The molecule has 1 saturated carbocycles. The molecule has 0 bridgehead atoms. The molecule has 0 N–H and O–H groups in total. The van der Waals surface area contributed by atoms with Crippen molar-refractivity contribution >= 4 is 33.4 Å². The number of pyridine rings is 1. The van der Waals surface area contributed by atoms with E-state index in [4.69, 9.17) is 11.6 Å². The molecule has 1 aromatic rings. The van der Waals surface area contributed by atoms with E-state index in [1.807, 2.05) is 17.0 Å². The number of aromatic nitrogens is 1. The van der Waals surface area contributed by atoms with E-state index in [2.05, 4.69) is 20.9 Å². The summed E-state index contributed by atoms with van der Waals surface area (Å²) in [7, 11) is 0. The summed E-state index contributed by atoms with van der Waals surface area (Å²) in [5, 5.41) is 0. The smallest absolute Gasteiger partial charge is 0.273 e. The van der Waals surface area contributed by atoms with Gasteiger partial charge in [-0.25, -0.2) is 4.98 Å². The van der Waals surface area contributed by atoms with Crippen LogP contribution in [0.15, 0.2) is 22.8 Å². The fourth-order valence-electron chi connectivity index (χ4n) is 2.61. The fourth-order valence-corrected chi connectivity index (χ4v) is 3.22. The highest BCUT2D eigenvalue weighted by Crippen LogP contribution is 2.25. The molecule has 1 fully saturated rings. The van der Waals surface area contributed by atoms with Crippen molar-refractivity contribution in [2.75, 3.05) is 12.4 Å². The summed E-state index contributed by atoms with van der Waals surface area (Å²) >= 11 is 9.26. The lowest BCUT2D eigenvalue weighted by Crippen LogP contribution is -2.43. The molecule has 2 rings (SSSR count). The molecule has 1 heterocycles. The molecule has 3 nitrogen and oxygen atoms in total. The maximum atomic E-state index is 12.6. The summed E-state index contributed by atoms with van der Waals surface area (Å²) in [5.41, 5.74) is 0.484. The summed E-state index contributed by atoms with van der Waals surface area (Å²) in [6, 6.07) is 3.97. The number of hydrogen-bond donors (Lipinski definition) is 0. The molecule has 5 heteroatoms. The van der Waals surface area contributed by atoms with Crippen molar-refractivity contribution in [2.24, 2.45) is 0 Å². The fraction of sp³-hybridized carbons (Fsp3) is 0.571. The Balaban J connectivity index is 2.18. The number of halogens is 2. The Bertz CT molecular complexity index is 435. The van der Waals surface area contributed by atoms with Crippen LogP contribution in [0.3, 0.4) is 0 Å². The standard InChI is InChI=1S/C14H18BrClN2O/c15-12-7-4-9-17-13(12)14(19)18(10-8-16)11-5-2-1-3-6-11/h4,7,9,11H,1-3,5-6,8,10H2. The number of carbonyl (C=O) groups excluding carboxylic acids is 1. The molecular formula is C14H18BrClN2O. The van der Waals surface area contributed by atoms with Crippen molar-refractivity contribution in [3.05, 3.63) is 28.5 Å². The van der Waals surface area contributed by atoms with E-state index in [9.17, 15) is 4.79 Å². The average molecular weight is 346 g/mol. The highest BCUT2D eigenvalue weighted by molar-refractivity contribution is 9.10. The number of nitrogens with zero attached hydrogens (tertiary/aromatic N) is 2. The van der Waals surface area contributed by atoms with Gasteiger partial charge in [0, 0.05) is 29.1 Å². The van der Waals surface area contributed by atoms with Gasteiger partial charge in [0.2, 0.25) is 0 Å². The lowest BCUT2D eigenvalue weighted by atomic mass is 9.94. The van der Waals surface area contributed by atoms with Crippen molar-refractivity contribution in [1.29, 1.82) is 0 Å². The topological polar surface area (TPSA) is 33.2 Å². The molecule has 0 saturated heterocycles. The van der Waals surface area contributed by atoms with Crippen LogP contribution in [0.1, 0.15) is 42.6 Å². The Labute approximate surface area is 127 Å². The van der Waals surface area contributed by atoms with Crippen molar-refractivity contribution in [3.63, 3.8) is 0 Å². The second kappa shape index (κ2) is 7.25. The highest BCUT2D eigenvalue weighted by Gasteiger charge is 2.27. The molecule has 0 aliphatic heterocycles. The van der Waals surface area contributed by atoms with E-state index < -0.39 is 0 Å². The third-order valence-corrected chi connectivity index (χ3v) is 4.37. The van der Waals surface area contributed by atoms with Crippen LogP contribution in [-0.2, 0) is 0 Å². The van der Waals surface area contributed by atoms with E-state index >= 15 is 0 Å². The summed E-state index contributed by atoms with van der Waals surface area (Å²) in [6.07, 6.45) is 7.46. The minimum Gasteiger partial charge on any atom is -0.333 e. The number of rotatable bonds is 4. The zero-order valence-electron chi connectivity index (χ0n) is 10.8. The highest BCUT2D eigenvalue weighted by atomic mass is 79.9. The van der Waals surface area contributed by atoms with Gasteiger partial charge in [-0.05, 0) is 40.9 Å². The molecule has 0 spiro atoms. The molecule has 0 atom stereocenters. The van der Waals surface area contributed by atoms with Crippen LogP contribution >= 0.6 is 27.5 Å². The molecule has 1 amide bonds. The van der Waals surface area contributed by atoms with E-state index in [0.29, 0.717) is 24.2 Å². The van der Waals surface area contributed by atoms with Gasteiger partial charge in [-0.2, -0.15) is 0 Å². The van der Waals surface area contributed by atoms with Crippen molar-refractivity contribution in [2.45, 2.75) is 38.1 Å². The average Bonchev–Trinajstić information content (AvgIpc) is 2.45. The van der Waals surface area contributed by atoms with Gasteiger partial charge in [-0.3, -0.25) is 4.79 Å². The first kappa shape index (κ1) is 14.8. The van der Waals surface area contributed by atoms with Crippen LogP contribution in [-0.4, -0.2) is 34.3 Å². The molecule has 0 radical (unpaired) electrons. The number of amides is 1. The van der Waals surface area contributed by atoms with Crippen molar-refractivity contribution < 1.29 is 4.79 Å². The monoisotopic (exact) mass is 344 g/mol. The minimum atomic E-state index is -0.0139. The van der Waals surface area contributed by atoms with Crippen LogP contribution < -0.4 is 0 Å². The minimum absolute atomic E-state index is 0.0139. The predicted octanol–water partition coefficient (Wildman–Crippen LogP) is 3.86. The van der Waals surface area contributed by atoms with E-state index in [-0.39, 0.29) is 5.91 Å². The van der Waals surface area contributed by atoms with Crippen LogP contribution in [0.25, 0.3) is 0 Å². The molecule has 104 valence electrons. The Morgan fingerprint density at radius 3 is 2.79 bits per heavy atom. The lowest BCUT2D eigenvalue weighted by Gasteiger charge is -2.34. The SMILES string of the molecule is O=C(c1ncccc1Br)N(CCCl)C1CCCCC1. The second-order valence-corrected chi connectivity index (χ2v) is 6.05. The normalized spacial score (nSPS) is 16.3. The first-order valence-corrected chi connectivity index (χ1v) is 8.04. The Morgan fingerprint density at radius 1 is 1.42 bits per heavy atom. The molecule has 0 unspecified atom stereocenters. The predicted molar refractivity (Wildman–Crippen MR) is 80.6 cm³/mol. The molecule has 19 heavy (non-hydrogen) atoms. The van der Waals surface area contributed by atoms with E-state index in [1.54, 1.807) is 6.20 Å². The largest absolute Gasteiger partial charge is 0.333 e. The summed E-state index contributed by atoms with van der Waals surface area (Å²) in [4.78, 5) is 18.7. The van der Waals surface area contributed by atoms with Crippen LogP contribution in [0.5, 0.6) is 0 Å². The third kappa shape index (κ3) is 3.69. The molecule has 1 aliphatic rings. The number of hydrogen-bond acceptors (Lipinski definition) is 2. The summed E-state index contributed by atoms with van der Waals surface area (Å²) in [5.74, 6) is 0.451. The second-order valence-electron chi connectivity index (χ2n) is 4.81. The Hall–Kier alpha value is -0.610. The lowest BCUT2D eigenvalue weighted by molar-refractivity contribution is 0.0642. The van der Waals surface area contributed by atoms with E-state index in [1.165, 1.54) is 19.3 Å². The van der Waals surface area contributed by atoms with Gasteiger partial charge in [0.1, 0.15) is 5.69 Å². The summed E-state index contributed by atoms with van der Waals surface area (Å²) in [6.45, 7) is 0.591. The first-order valence-electron chi connectivity index (χ1n) is 6.71. The Morgan fingerprint density at radius 2 is 2.16 bits per heavy atom. The third-order valence-electron chi connectivity index (χ3n) is 3.56. The van der Waals surface area contributed by atoms with Gasteiger partial charge in [-0.1, -0.05) is 19.3 Å². The summed E-state index contributed by atoms with van der Waals surface area (Å²) < 4.78 is 0.746.